The minimum Gasteiger partial charge on any atom is -0.334 e. The Morgan fingerprint density at radius 1 is 1.29 bits per heavy atom. The molecule has 1 aromatic heterocycles. The van der Waals surface area contributed by atoms with Crippen molar-refractivity contribution >= 4 is 29.2 Å². The number of halogens is 1. The summed E-state index contributed by atoms with van der Waals surface area (Å²) in [6, 6.07) is 10.3. The Morgan fingerprint density at radius 3 is 2.79 bits per heavy atom. The number of carbonyl (C=O) groups is 2. The highest BCUT2D eigenvalue weighted by Crippen LogP contribution is 2.23. The minimum atomic E-state index is -0.297. The number of amides is 3. The zero-order chi connectivity index (χ0) is 16.9. The lowest BCUT2D eigenvalue weighted by molar-refractivity contribution is -0.117. The zero-order valence-corrected chi connectivity index (χ0v) is 13.7. The molecule has 0 radical (unpaired) electrons. The van der Waals surface area contributed by atoms with Gasteiger partial charge in [0.1, 0.15) is 0 Å². The third kappa shape index (κ3) is 4.02. The van der Waals surface area contributed by atoms with E-state index in [9.17, 15) is 9.59 Å². The number of hydrogen-bond acceptors (Lipinski definition) is 3. The van der Waals surface area contributed by atoms with Crippen molar-refractivity contribution in [1.29, 1.82) is 0 Å². The van der Waals surface area contributed by atoms with Gasteiger partial charge in [0.15, 0.2) is 0 Å². The van der Waals surface area contributed by atoms with Gasteiger partial charge in [-0.1, -0.05) is 17.7 Å². The summed E-state index contributed by atoms with van der Waals surface area (Å²) in [6.07, 6.45) is 3.66. The Balaban J connectivity index is 1.52. The van der Waals surface area contributed by atoms with Gasteiger partial charge in [-0.2, -0.15) is 0 Å². The summed E-state index contributed by atoms with van der Waals surface area (Å²) in [5.41, 5.74) is 1.70. The number of rotatable bonds is 4. The van der Waals surface area contributed by atoms with E-state index in [2.05, 4.69) is 15.6 Å². The number of hydrogen-bond donors (Lipinski definition) is 2. The molecule has 2 aromatic rings. The highest BCUT2D eigenvalue weighted by Gasteiger charge is 2.31. The molecule has 7 heteroatoms. The molecule has 124 valence electrons. The standard InChI is InChI=1S/C17H17ClN4O2/c18-13-3-5-15(6-4-13)22-11-14(8-16(22)23)21-17(24)20-10-12-2-1-7-19-9-12/h1-7,9,14H,8,10-11H2,(H2,20,21,24). The lowest BCUT2D eigenvalue weighted by Gasteiger charge is -2.17. The molecule has 1 saturated heterocycles. The van der Waals surface area contributed by atoms with Gasteiger partial charge in [0, 0.05) is 42.6 Å². The summed E-state index contributed by atoms with van der Waals surface area (Å²) in [6.45, 7) is 0.835. The second-order valence-corrected chi connectivity index (χ2v) is 6.01. The maximum atomic E-state index is 12.1. The number of aromatic nitrogens is 1. The smallest absolute Gasteiger partial charge is 0.315 e. The van der Waals surface area contributed by atoms with Crippen molar-refractivity contribution in [3.05, 3.63) is 59.4 Å². The molecule has 24 heavy (non-hydrogen) atoms. The molecule has 0 aliphatic carbocycles. The summed E-state index contributed by atoms with van der Waals surface area (Å²) < 4.78 is 0. The Labute approximate surface area is 144 Å². The van der Waals surface area contributed by atoms with Crippen LogP contribution in [0.5, 0.6) is 0 Å². The molecule has 1 aliphatic heterocycles. The summed E-state index contributed by atoms with van der Waals surface area (Å²) in [4.78, 5) is 29.8. The Morgan fingerprint density at radius 2 is 2.08 bits per heavy atom. The van der Waals surface area contributed by atoms with Gasteiger partial charge in [0.2, 0.25) is 5.91 Å². The van der Waals surface area contributed by atoms with Crippen molar-refractivity contribution in [3.63, 3.8) is 0 Å². The number of anilines is 1. The maximum Gasteiger partial charge on any atom is 0.315 e. The number of pyridine rings is 1. The first kappa shape index (κ1) is 16.3. The van der Waals surface area contributed by atoms with Crippen molar-refractivity contribution in [2.75, 3.05) is 11.4 Å². The number of nitrogens with zero attached hydrogens (tertiary/aromatic N) is 2. The minimum absolute atomic E-state index is 0.0186. The molecule has 0 saturated carbocycles. The Hall–Kier alpha value is -2.60. The molecule has 3 amide bonds. The van der Waals surface area contributed by atoms with E-state index in [1.54, 1.807) is 41.6 Å². The van der Waals surface area contributed by atoms with Crippen LogP contribution in [0.3, 0.4) is 0 Å². The van der Waals surface area contributed by atoms with Crippen LogP contribution in [0.4, 0.5) is 10.5 Å². The molecule has 2 N–H and O–H groups in total. The van der Waals surface area contributed by atoms with E-state index >= 15 is 0 Å². The molecule has 6 nitrogen and oxygen atoms in total. The molecule has 0 spiro atoms. The van der Waals surface area contributed by atoms with Gasteiger partial charge in [-0.3, -0.25) is 9.78 Å². The third-order valence-electron chi connectivity index (χ3n) is 3.77. The quantitative estimate of drug-likeness (QED) is 0.894. The second-order valence-electron chi connectivity index (χ2n) is 5.57. The third-order valence-corrected chi connectivity index (χ3v) is 4.03. The van der Waals surface area contributed by atoms with Crippen molar-refractivity contribution in [2.24, 2.45) is 0 Å². The summed E-state index contributed by atoms with van der Waals surface area (Å²) in [5, 5.41) is 6.22. The van der Waals surface area contributed by atoms with Gasteiger partial charge < -0.3 is 15.5 Å². The lowest BCUT2D eigenvalue weighted by atomic mass is 10.2. The Kier molecular flexibility index (Phi) is 4.96. The highest BCUT2D eigenvalue weighted by atomic mass is 35.5. The van der Waals surface area contributed by atoms with Crippen LogP contribution in [-0.4, -0.2) is 29.5 Å². The van der Waals surface area contributed by atoms with Crippen LogP contribution in [0.15, 0.2) is 48.8 Å². The van der Waals surface area contributed by atoms with Crippen LogP contribution in [0.2, 0.25) is 5.02 Å². The first-order valence-electron chi connectivity index (χ1n) is 7.61. The highest BCUT2D eigenvalue weighted by molar-refractivity contribution is 6.30. The van der Waals surface area contributed by atoms with Crippen LogP contribution < -0.4 is 15.5 Å². The fourth-order valence-corrected chi connectivity index (χ4v) is 2.72. The largest absolute Gasteiger partial charge is 0.334 e. The summed E-state index contributed by atoms with van der Waals surface area (Å²) >= 11 is 5.86. The molecule has 1 fully saturated rings. The molecule has 3 rings (SSSR count). The second kappa shape index (κ2) is 7.31. The van der Waals surface area contributed by atoms with Gasteiger partial charge in [-0.05, 0) is 35.9 Å². The molecule has 2 heterocycles. The number of carbonyl (C=O) groups excluding carboxylic acids is 2. The number of urea groups is 1. The molecule has 1 aliphatic rings. The molecule has 0 bridgehead atoms. The first-order valence-corrected chi connectivity index (χ1v) is 7.99. The predicted octanol–water partition coefficient (Wildman–Crippen LogP) is 2.34. The van der Waals surface area contributed by atoms with E-state index in [0.717, 1.165) is 11.3 Å². The van der Waals surface area contributed by atoms with Crippen molar-refractivity contribution < 1.29 is 9.59 Å². The topological polar surface area (TPSA) is 74.3 Å². The van der Waals surface area contributed by atoms with Crippen LogP contribution in [0.1, 0.15) is 12.0 Å². The van der Waals surface area contributed by atoms with E-state index in [-0.39, 0.29) is 24.4 Å². The normalized spacial score (nSPS) is 17.0. The van der Waals surface area contributed by atoms with Gasteiger partial charge >= 0.3 is 6.03 Å². The molecule has 1 unspecified atom stereocenters. The first-order chi connectivity index (χ1) is 11.6. The SMILES string of the molecule is O=C(NCc1cccnc1)NC1CC(=O)N(c2ccc(Cl)cc2)C1. The van der Waals surface area contributed by atoms with Crippen LogP contribution in [0, 0.1) is 0 Å². The van der Waals surface area contributed by atoms with Crippen molar-refractivity contribution in [1.82, 2.24) is 15.6 Å². The van der Waals surface area contributed by atoms with Gasteiger partial charge in [0.25, 0.3) is 0 Å². The van der Waals surface area contributed by atoms with Crippen molar-refractivity contribution in [3.8, 4) is 0 Å². The number of nitrogens with one attached hydrogen (secondary N) is 2. The van der Waals surface area contributed by atoms with Gasteiger partial charge in [-0.15, -0.1) is 0 Å². The predicted molar refractivity (Wildman–Crippen MR) is 91.8 cm³/mol. The molecular weight excluding hydrogens is 328 g/mol. The molecular formula is C17H17ClN4O2. The zero-order valence-electron chi connectivity index (χ0n) is 12.9. The fourth-order valence-electron chi connectivity index (χ4n) is 2.60. The summed E-state index contributed by atoms with van der Waals surface area (Å²) in [5.74, 6) is -0.0186. The van der Waals surface area contributed by atoms with E-state index in [1.807, 2.05) is 12.1 Å². The number of benzene rings is 1. The van der Waals surface area contributed by atoms with Gasteiger partial charge in [0.05, 0.1) is 6.04 Å². The van der Waals surface area contributed by atoms with E-state index in [4.69, 9.17) is 11.6 Å². The monoisotopic (exact) mass is 344 g/mol. The summed E-state index contributed by atoms with van der Waals surface area (Å²) in [7, 11) is 0. The fraction of sp³-hybridized carbons (Fsp3) is 0.235. The lowest BCUT2D eigenvalue weighted by Crippen LogP contribution is -2.43. The van der Waals surface area contributed by atoms with Crippen LogP contribution >= 0.6 is 11.6 Å². The molecule has 1 aromatic carbocycles. The average molecular weight is 345 g/mol. The Bertz CT molecular complexity index is 721. The van der Waals surface area contributed by atoms with E-state index < -0.39 is 0 Å². The molecule has 1 atom stereocenters. The van der Waals surface area contributed by atoms with Gasteiger partial charge in [-0.25, -0.2) is 4.79 Å². The average Bonchev–Trinajstić information content (AvgIpc) is 2.95. The maximum absolute atomic E-state index is 12.1. The van der Waals surface area contributed by atoms with Crippen molar-refractivity contribution in [2.45, 2.75) is 19.0 Å². The van der Waals surface area contributed by atoms with E-state index in [1.165, 1.54) is 0 Å². The van der Waals surface area contributed by atoms with Crippen LogP contribution in [-0.2, 0) is 11.3 Å². The van der Waals surface area contributed by atoms with E-state index in [0.29, 0.717) is 18.1 Å². The van der Waals surface area contributed by atoms with Crippen LogP contribution in [0.25, 0.3) is 0 Å².